The number of rotatable bonds is 6. The Balaban J connectivity index is 1.77. The third-order valence-corrected chi connectivity index (χ3v) is 3.85. The predicted octanol–water partition coefficient (Wildman–Crippen LogP) is 3.77. The van der Waals surface area contributed by atoms with E-state index in [1.54, 1.807) is 0 Å². The molecule has 0 bridgehead atoms. The van der Waals surface area contributed by atoms with Gasteiger partial charge in [-0.15, -0.1) is 0 Å². The second kappa shape index (κ2) is 6.21. The first-order chi connectivity index (χ1) is 9.92. The van der Waals surface area contributed by atoms with Gasteiger partial charge in [0.05, 0.1) is 6.04 Å². The Morgan fingerprint density at radius 3 is 2.15 bits per heavy atom. The fourth-order valence-electron chi connectivity index (χ4n) is 2.94. The van der Waals surface area contributed by atoms with E-state index < -0.39 is 0 Å². The average Bonchev–Trinajstić information content (AvgIpc) is 2.82. The van der Waals surface area contributed by atoms with Crippen molar-refractivity contribution in [2.24, 2.45) is 0 Å². The Kier molecular flexibility index (Phi) is 4.14. The highest BCUT2D eigenvalue weighted by Crippen LogP contribution is 2.42. The van der Waals surface area contributed by atoms with Gasteiger partial charge < -0.3 is 10.1 Å². The maximum atomic E-state index is 5.40. The van der Waals surface area contributed by atoms with Gasteiger partial charge in [-0.3, -0.25) is 0 Å². The van der Waals surface area contributed by atoms with Gasteiger partial charge in [-0.05, 0) is 42.1 Å². The van der Waals surface area contributed by atoms with Crippen LogP contribution in [0.3, 0.4) is 0 Å². The molecule has 2 heteroatoms. The number of hydrogen-bond acceptors (Lipinski definition) is 2. The normalized spacial score (nSPS) is 13.2. The third-order valence-electron chi connectivity index (χ3n) is 3.85. The molecule has 0 saturated heterocycles. The maximum absolute atomic E-state index is 5.40. The summed E-state index contributed by atoms with van der Waals surface area (Å²) in [5, 5.41) is 3.67. The standard InChI is InChI=1S/C18H21NO/c1-2-20-13-7-12-19-18-16-10-5-3-8-14(16)15-9-4-6-11-17(15)18/h3-6,8-11,18-19H,2,7,12-13H2,1H3. The summed E-state index contributed by atoms with van der Waals surface area (Å²) in [7, 11) is 0. The van der Waals surface area contributed by atoms with E-state index in [-0.39, 0.29) is 0 Å². The van der Waals surface area contributed by atoms with Crippen molar-refractivity contribution in [2.45, 2.75) is 19.4 Å². The Bertz CT molecular complexity index is 534. The van der Waals surface area contributed by atoms with Gasteiger partial charge in [0.15, 0.2) is 0 Å². The molecule has 0 heterocycles. The number of benzene rings is 2. The molecule has 1 aliphatic rings. The molecule has 2 aromatic carbocycles. The van der Waals surface area contributed by atoms with Gasteiger partial charge in [0, 0.05) is 13.2 Å². The largest absolute Gasteiger partial charge is 0.382 e. The van der Waals surface area contributed by atoms with E-state index in [9.17, 15) is 0 Å². The molecule has 0 atom stereocenters. The number of nitrogens with one attached hydrogen (secondary N) is 1. The zero-order valence-electron chi connectivity index (χ0n) is 11.9. The molecule has 20 heavy (non-hydrogen) atoms. The zero-order chi connectivity index (χ0) is 13.8. The minimum Gasteiger partial charge on any atom is -0.382 e. The van der Waals surface area contributed by atoms with Crippen molar-refractivity contribution >= 4 is 0 Å². The lowest BCUT2D eigenvalue weighted by atomic mass is 10.1. The molecular weight excluding hydrogens is 246 g/mol. The fraction of sp³-hybridized carbons (Fsp3) is 0.333. The molecule has 0 aromatic heterocycles. The smallest absolute Gasteiger partial charge is 0.0588 e. The summed E-state index contributed by atoms with van der Waals surface area (Å²) in [5.41, 5.74) is 5.52. The Hall–Kier alpha value is -1.64. The molecule has 0 fully saturated rings. The summed E-state index contributed by atoms with van der Waals surface area (Å²) < 4.78 is 5.40. The lowest BCUT2D eigenvalue weighted by Crippen LogP contribution is -2.22. The van der Waals surface area contributed by atoms with Crippen molar-refractivity contribution < 1.29 is 4.74 Å². The molecule has 2 nitrogen and oxygen atoms in total. The van der Waals surface area contributed by atoms with Gasteiger partial charge in [0.25, 0.3) is 0 Å². The summed E-state index contributed by atoms with van der Waals surface area (Å²) >= 11 is 0. The first-order valence-electron chi connectivity index (χ1n) is 7.41. The molecule has 0 aliphatic heterocycles. The minimum atomic E-state index is 0.323. The fourth-order valence-corrected chi connectivity index (χ4v) is 2.94. The van der Waals surface area contributed by atoms with Gasteiger partial charge in [-0.25, -0.2) is 0 Å². The van der Waals surface area contributed by atoms with Crippen LogP contribution in [-0.2, 0) is 4.74 Å². The lowest BCUT2D eigenvalue weighted by Gasteiger charge is -2.15. The van der Waals surface area contributed by atoms with Gasteiger partial charge in [-0.2, -0.15) is 0 Å². The van der Waals surface area contributed by atoms with Crippen LogP contribution in [0.25, 0.3) is 11.1 Å². The van der Waals surface area contributed by atoms with Crippen molar-refractivity contribution in [3.8, 4) is 11.1 Å². The Labute approximate surface area is 120 Å². The summed E-state index contributed by atoms with van der Waals surface area (Å²) in [6.45, 7) is 4.65. The Morgan fingerprint density at radius 1 is 0.950 bits per heavy atom. The maximum Gasteiger partial charge on any atom is 0.0588 e. The predicted molar refractivity (Wildman–Crippen MR) is 82.8 cm³/mol. The van der Waals surface area contributed by atoms with Crippen LogP contribution in [-0.4, -0.2) is 19.8 Å². The van der Waals surface area contributed by atoms with Crippen LogP contribution in [0.2, 0.25) is 0 Å². The van der Waals surface area contributed by atoms with Crippen LogP contribution < -0.4 is 5.32 Å². The quantitative estimate of drug-likeness (QED) is 0.804. The monoisotopic (exact) mass is 267 g/mol. The highest BCUT2D eigenvalue weighted by molar-refractivity contribution is 5.78. The molecule has 0 radical (unpaired) electrons. The zero-order valence-corrected chi connectivity index (χ0v) is 11.9. The highest BCUT2D eigenvalue weighted by Gasteiger charge is 2.26. The van der Waals surface area contributed by atoms with E-state index in [2.05, 4.69) is 53.8 Å². The number of fused-ring (bicyclic) bond motifs is 3. The van der Waals surface area contributed by atoms with E-state index >= 15 is 0 Å². The minimum absolute atomic E-state index is 0.323. The van der Waals surface area contributed by atoms with Crippen LogP contribution in [0, 0.1) is 0 Å². The summed E-state index contributed by atoms with van der Waals surface area (Å²) in [6.07, 6.45) is 1.05. The van der Waals surface area contributed by atoms with Crippen LogP contribution in [0.1, 0.15) is 30.5 Å². The molecule has 0 unspecified atom stereocenters. The van der Waals surface area contributed by atoms with Crippen molar-refractivity contribution in [2.75, 3.05) is 19.8 Å². The van der Waals surface area contributed by atoms with E-state index in [1.165, 1.54) is 22.3 Å². The van der Waals surface area contributed by atoms with Crippen LogP contribution in [0.4, 0.5) is 0 Å². The molecule has 0 amide bonds. The highest BCUT2D eigenvalue weighted by atomic mass is 16.5. The van der Waals surface area contributed by atoms with Crippen molar-refractivity contribution in [3.05, 3.63) is 59.7 Å². The molecule has 1 aliphatic carbocycles. The van der Waals surface area contributed by atoms with E-state index in [0.29, 0.717) is 6.04 Å². The second-order valence-corrected chi connectivity index (χ2v) is 5.11. The second-order valence-electron chi connectivity index (χ2n) is 5.11. The summed E-state index contributed by atoms with van der Waals surface area (Å²) in [5.74, 6) is 0. The van der Waals surface area contributed by atoms with Gasteiger partial charge in [0.1, 0.15) is 0 Å². The molecular formula is C18H21NO. The first-order valence-corrected chi connectivity index (χ1v) is 7.41. The number of ether oxygens (including phenoxy) is 1. The molecule has 104 valence electrons. The topological polar surface area (TPSA) is 21.3 Å². The van der Waals surface area contributed by atoms with E-state index in [4.69, 9.17) is 4.74 Å². The van der Waals surface area contributed by atoms with Crippen LogP contribution in [0.5, 0.6) is 0 Å². The first kappa shape index (κ1) is 13.3. The Morgan fingerprint density at radius 2 is 1.55 bits per heavy atom. The van der Waals surface area contributed by atoms with E-state index in [1.807, 2.05) is 6.92 Å². The van der Waals surface area contributed by atoms with Crippen LogP contribution in [0.15, 0.2) is 48.5 Å². The van der Waals surface area contributed by atoms with Crippen molar-refractivity contribution in [1.82, 2.24) is 5.32 Å². The van der Waals surface area contributed by atoms with E-state index in [0.717, 1.165) is 26.2 Å². The molecule has 3 rings (SSSR count). The van der Waals surface area contributed by atoms with Gasteiger partial charge in [-0.1, -0.05) is 48.5 Å². The summed E-state index contributed by atoms with van der Waals surface area (Å²) in [4.78, 5) is 0. The molecule has 2 aromatic rings. The SMILES string of the molecule is CCOCCCNC1c2ccccc2-c2ccccc21. The third kappa shape index (κ3) is 2.49. The van der Waals surface area contributed by atoms with Crippen molar-refractivity contribution in [3.63, 3.8) is 0 Å². The average molecular weight is 267 g/mol. The van der Waals surface area contributed by atoms with Crippen molar-refractivity contribution in [1.29, 1.82) is 0 Å². The van der Waals surface area contributed by atoms with Gasteiger partial charge in [0.2, 0.25) is 0 Å². The lowest BCUT2D eigenvalue weighted by molar-refractivity contribution is 0.144. The van der Waals surface area contributed by atoms with Crippen LogP contribution >= 0.6 is 0 Å². The van der Waals surface area contributed by atoms with Gasteiger partial charge >= 0.3 is 0 Å². The number of hydrogen-bond donors (Lipinski definition) is 1. The molecule has 1 N–H and O–H groups in total. The molecule has 0 saturated carbocycles. The molecule has 0 spiro atoms. The summed E-state index contributed by atoms with van der Waals surface area (Å²) in [6, 6.07) is 17.7.